The van der Waals surface area contributed by atoms with Gasteiger partial charge in [-0.2, -0.15) is 17.9 Å². The molecule has 2 N–H and O–H groups in total. The molecule has 3 aromatic rings. The SMILES string of the molecule is Cc1cc(C)c2cccc(OCc3c(Cl)ccc(S(=O)(=O)NC4(C(=O)N5CCN(C(=O)CCCCN(C)C)CC5)CCOCC4)c3Cl)c2n1.O=C(O)C(F)(F)F. The quantitative estimate of drug-likeness (QED) is 0.220. The second-order valence-corrected chi connectivity index (χ2v) is 16.3. The molecule has 2 aromatic carbocycles. The molecule has 0 aliphatic carbocycles. The Balaban J connectivity index is 0.000000908. The number of amides is 2. The number of unbranched alkanes of at least 4 members (excludes halogenated alkanes) is 1. The van der Waals surface area contributed by atoms with Crippen LogP contribution in [0.3, 0.4) is 0 Å². The molecule has 2 saturated heterocycles. The number of para-hydroxylation sites is 1. The molecule has 0 atom stereocenters. The zero-order valence-corrected chi connectivity index (χ0v) is 33.9. The third kappa shape index (κ3) is 11.4. The Morgan fingerprint density at radius 3 is 2.25 bits per heavy atom. The van der Waals surface area contributed by atoms with Gasteiger partial charge in [0.1, 0.15) is 28.3 Å². The minimum absolute atomic E-state index is 0.0754. The number of hydrogen-bond donors (Lipinski definition) is 2. The number of carbonyl (C=O) groups is 3. The number of aliphatic carboxylic acids is 1. The average Bonchev–Trinajstić information content (AvgIpc) is 3.13. The lowest BCUT2D eigenvalue weighted by atomic mass is 9.89. The molecule has 308 valence electrons. The van der Waals surface area contributed by atoms with Crippen LogP contribution in [0, 0.1) is 13.8 Å². The highest BCUT2D eigenvalue weighted by molar-refractivity contribution is 7.89. The van der Waals surface area contributed by atoms with E-state index in [2.05, 4.69) is 14.6 Å². The largest absolute Gasteiger partial charge is 0.490 e. The van der Waals surface area contributed by atoms with E-state index < -0.39 is 27.7 Å². The molecule has 2 fully saturated rings. The average molecular weight is 849 g/mol. The van der Waals surface area contributed by atoms with E-state index in [0.29, 0.717) is 49.4 Å². The van der Waals surface area contributed by atoms with Crippen molar-refractivity contribution < 1.29 is 50.6 Å². The van der Waals surface area contributed by atoms with Gasteiger partial charge in [0.05, 0.1) is 5.02 Å². The molecule has 0 radical (unpaired) electrons. The lowest BCUT2D eigenvalue weighted by molar-refractivity contribution is -0.192. The van der Waals surface area contributed by atoms with Crippen LogP contribution in [-0.2, 0) is 35.8 Å². The van der Waals surface area contributed by atoms with Gasteiger partial charge in [0.15, 0.2) is 0 Å². The van der Waals surface area contributed by atoms with Crippen LogP contribution in [0.5, 0.6) is 5.75 Å². The molecular weight excluding hydrogens is 802 g/mol. The fraction of sp³-hybridized carbons (Fsp3) is 0.514. The summed E-state index contributed by atoms with van der Waals surface area (Å²) in [6.07, 6.45) is -2.55. The van der Waals surface area contributed by atoms with Crippen LogP contribution >= 0.6 is 23.2 Å². The standard InChI is InChI=1S/C35H45Cl2N5O6S.C2HF3O2/c1-24-22-25(2)38-33-26(24)8-7-9-29(33)48-23-27-28(36)11-12-30(32(27)37)49(45,46)39-35(13-20-47-21-14-35)34(44)42-18-16-41(17-19-42)31(43)10-5-6-15-40(3)4;3-2(4,5)1(6)7/h7-9,11-12,22,39H,5-6,10,13-21,23H2,1-4H3;(H,6,7). The normalized spacial score (nSPS) is 16.0. The van der Waals surface area contributed by atoms with Crippen molar-refractivity contribution in [2.45, 2.75) is 69.2 Å². The number of alkyl halides is 3. The van der Waals surface area contributed by atoms with Crippen molar-refractivity contribution in [3.05, 3.63) is 63.3 Å². The van der Waals surface area contributed by atoms with Gasteiger partial charge in [0.25, 0.3) is 0 Å². The van der Waals surface area contributed by atoms with Crippen molar-refractivity contribution >= 4 is 61.9 Å². The predicted octanol–water partition coefficient (Wildman–Crippen LogP) is 5.60. The summed E-state index contributed by atoms with van der Waals surface area (Å²) in [6, 6.07) is 10.4. The summed E-state index contributed by atoms with van der Waals surface area (Å²) in [7, 11) is -0.309. The maximum absolute atomic E-state index is 14.1. The van der Waals surface area contributed by atoms with Crippen LogP contribution in [0.2, 0.25) is 10.0 Å². The Kier molecular flexibility index (Phi) is 15.4. The summed E-state index contributed by atoms with van der Waals surface area (Å²) in [5, 5.41) is 8.22. The van der Waals surface area contributed by atoms with E-state index in [-0.39, 0.29) is 59.4 Å². The molecule has 0 unspecified atom stereocenters. The number of benzene rings is 2. The number of sulfonamides is 1. The first-order valence-electron chi connectivity index (χ1n) is 17.9. The van der Waals surface area contributed by atoms with Crippen molar-refractivity contribution in [2.75, 3.05) is 60.0 Å². The number of halogens is 5. The van der Waals surface area contributed by atoms with E-state index in [0.717, 1.165) is 36.0 Å². The molecule has 0 bridgehead atoms. The summed E-state index contributed by atoms with van der Waals surface area (Å²) >= 11 is 13.3. The molecular formula is C37H46Cl2F3N5O8S. The van der Waals surface area contributed by atoms with Crippen molar-refractivity contribution in [1.29, 1.82) is 0 Å². The van der Waals surface area contributed by atoms with Gasteiger partial charge in [-0.05, 0) is 90.0 Å². The number of hydrogen-bond acceptors (Lipinski definition) is 9. The monoisotopic (exact) mass is 847 g/mol. The molecule has 2 aliphatic rings. The van der Waals surface area contributed by atoms with Gasteiger partial charge >= 0.3 is 12.1 Å². The first kappa shape index (κ1) is 45.0. The van der Waals surface area contributed by atoms with Crippen LogP contribution < -0.4 is 9.46 Å². The van der Waals surface area contributed by atoms with E-state index in [1.807, 2.05) is 46.1 Å². The second kappa shape index (κ2) is 19.1. The summed E-state index contributed by atoms with van der Waals surface area (Å²) < 4.78 is 74.3. The fourth-order valence-corrected chi connectivity index (χ4v) is 8.76. The number of pyridine rings is 1. The lowest BCUT2D eigenvalue weighted by Crippen LogP contribution is -2.64. The summed E-state index contributed by atoms with van der Waals surface area (Å²) in [4.78, 5) is 45.8. The van der Waals surface area contributed by atoms with Gasteiger partial charge in [-0.1, -0.05) is 35.3 Å². The van der Waals surface area contributed by atoms with E-state index in [4.69, 9.17) is 42.6 Å². The number of carboxylic acids is 1. The van der Waals surface area contributed by atoms with Crippen LogP contribution in [-0.4, -0.2) is 123 Å². The first-order chi connectivity index (χ1) is 26.3. The molecule has 2 amide bonds. The highest BCUT2D eigenvalue weighted by Gasteiger charge is 2.47. The van der Waals surface area contributed by atoms with Crippen LogP contribution in [0.4, 0.5) is 13.2 Å². The van der Waals surface area contributed by atoms with Gasteiger partial charge in [-0.25, -0.2) is 18.2 Å². The highest BCUT2D eigenvalue weighted by Crippen LogP contribution is 2.35. The number of piperazine rings is 1. The van der Waals surface area contributed by atoms with Crippen LogP contribution in [0.1, 0.15) is 48.9 Å². The molecule has 0 saturated carbocycles. The number of nitrogens with one attached hydrogen (secondary N) is 1. The van der Waals surface area contributed by atoms with Crippen molar-refractivity contribution in [3.63, 3.8) is 0 Å². The number of ether oxygens (including phenoxy) is 2. The van der Waals surface area contributed by atoms with E-state index in [9.17, 15) is 31.2 Å². The van der Waals surface area contributed by atoms with Crippen molar-refractivity contribution in [2.24, 2.45) is 0 Å². The van der Waals surface area contributed by atoms with Crippen molar-refractivity contribution in [1.82, 2.24) is 24.4 Å². The zero-order valence-electron chi connectivity index (χ0n) is 31.5. The fourth-order valence-electron chi connectivity index (χ4n) is 6.45. The van der Waals surface area contributed by atoms with Gasteiger partial charge < -0.3 is 29.3 Å². The van der Waals surface area contributed by atoms with Crippen molar-refractivity contribution in [3.8, 4) is 5.75 Å². The highest BCUT2D eigenvalue weighted by atomic mass is 35.5. The number of aryl methyl sites for hydroxylation is 2. The Bertz CT molecular complexity index is 2010. The minimum Gasteiger partial charge on any atom is -0.487 e. The van der Waals surface area contributed by atoms with Crippen LogP contribution in [0.25, 0.3) is 10.9 Å². The molecule has 2 aliphatic heterocycles. The summed E-state index contributed by atoms with van der Waals surface area (Å²) in [5.41, 5.74) is 1.44. The molecule has 19 heteroatoms. The zero-order chi connectivity index (χ0) is 41.4. The number of aromatic nitrogens is 1. The second-order valence-electron chi connectivity index (χ2n) is 13.9. The lowest BCUT2D eigenvalue weighted by Gasteiger charge is -2.43. The Labute approximate surface area is 334 Å². The maximum atomic E-state index is 14.1. The van der Waals surface area contributed by atoms with Gasteiger partial charge in [-0.3, -0.25) is 9.59 Å². The number of carboxylic acid groups (broad SMARTS) is 1. The Hall–Kier alpha value is -3.74. The Morgan fingerprint density at radius 1 is 1.02 bits per heavy atom. The topological polar surface area (TPSA) is 159 Å². The number of nitrogens with zero attached hydrogens (tertiary/aromatic N) is 4. The number of carbonyl (C=O) groups excluding carboxylic acids is 2. The van der Waals surface area contributed by atoms with Gasteiger partial charge in [0, 0.05) is 67.5 Å². The Morgan fingerprint density at radius 2 is 1.64 bits per heavy atom. The third-order valence-electron chi connectivity index (χ3n) is 9.44. The molecule has 3 heterocycles. The number of fused-ring (bicyclic) bond motifs is 1. The predicted molar refractivity (Wildman–Crippen MR) is 204 cm³/mol. The third-order valence-corrected chi connectivity index (χ3v) is 11.9. The molecule has 0 spiro atoms. The molecule has 1 aromatic heterocycles. The van der Waals surface area contributed by atoms with E-state index in [1.54, 1.807) is 15.9 Å². The van der Waals surface area contributed by atoms with Gasteiger partial charge in [0.2, 0.25) is 21.8 Å². The minimum atomic E-state index is -5.08. The smallest absolute Gasteiger partial charge is 0.487 e. The van der Waals surface area contributed by atoms with E-state index in [1.165, 1.54) is 12.1 Å². The van der Waals surface area contributed by atoms with E-state index >= 15 is 0 Å². The first-order valence-corrected chi connectivity index (χ1v) is 20.1. The summed E-state index contributed by atoms with van der Waals surface area (Å²) in [5.74, 6) is -2.50. The number of rotatable bonds is 12. The maximum Gasteiger partial charge on any atom is 0.490 e. The molecule has 13 nitrogen and oxygen atoms in total. The summed E-state index contributed by atoms with van der Waals surface area (Å²) in [6.45, 7) is 6.59. The van der Waals surface area contributed by atoms with Crippen LogP contribution in [0.15, 0.2) is 41.3 Å². The van der Waals surface area contributed by atoms with Gasteiger partial charge in [-0.15, -0.1) is 0 Å². The molecule has 5 rings (SSSR count). The molecule has 56 heavy (non-hydrogen) atoms.